The Morgan fingerprint density at radius 1 is 1.59 bits per heavy atom. The van der Waals surface area contributed by atoms with Crippen LogP contribution in [0.5, 0.6) is 0 Å². The number of amides is 1. The van der Waals surface area contributed by atoms with E-state index in [1.165, 1.54) is 6.07 Å². The van der Waals surface area contributed by atoms with Crippen LogP contribution in [0.3, 0.4) is 0 Å². The van der Waals surface area contributed by atoms with Crippen LogP contribution in [0.15, 0.2) is 22.7 Å². The normalized spacial score (nSPS) is 19.7. The topological polar surface area (TPSA) is 46.3 Å². The molecule has 0 radical (unpaired) electrons. The first-order valence-corrected chi connectivity index (χ1v) is 6.36. The lowest BCUT2D eigenvalue weighted by molar-refractivity contribution is 0.0783. The van der Waals surface area contributed by atoms with Gasteiger partial charge in [-0.3, -0.25) is 4.79 Å². The van der Waals surface area contributed by atoms with Crippen LogP contribution in [-0.4, -0.2) is 30.4 Å². The van der Waals surface area contributed by atoms with Gasteiger partial charge in [0.2, 0.25) is 0 Å². The number of halogens is 2. The van der Waals surface area contributed by atoms with Gasteiger partial charge in [-0.05, 0) is 46.9 Å². The quantitative estimate of drug-likeness (QED) is 0.908. The van der Waals surface area contributed by atoms with E-state index in [1.807, 2.05) is 0 Å². The van der Waals surface area contributed by atoms with Crippen molar-refractivity contribution in [1.29, 1.82) is 0 Å². The van der Waals surface area contributed by atoms with Crippen molar-refractivity contribution in [2.45, 2.75) is 6.42 Å². The summed E-state index contributed by atoms with van der Waals surface area (Å²) in [4.78, 5) is 13.8. The molecule has 0 spiro atoms. The molecule has 1 saturated heterocycles. The molecule has 1 aliphatic rings. The third-order valence-corrected chi connectivity index (χ3v) is 3.70. The summed E-state index contributed by atoms with van der Waals surface area (Å²) in [6.07, 6.45) is 0.901. The largest absolute Gasteiger partial charge is 0.338 e. The van der Waals surface area contributed by atoms with Crippen molar-refractivity contribution in [1.82, 2.24) is 4.90 Å². The molecule has 5 heteroatoms. The van der Waals surface area contributed by atoms with Crippen molar-refractivity contribution < 1.29 is 9.18 Å². The summed E-state index contributed by atoms with van der Waals surface area (Å²) >= 11 is 3.08. The molecule has 3 nitrogen and oxygen atoms in total. The van der Waals surface area contributed by atoms with Crippen LogP contribution in [-0.2, 0) is 0 Å². The van der Waals surface area contributed by atoms with Crippen LogP contribution in [0.2, 0.25) is 0 Å². The van der Waals surface area contributed by atoms with Crippen LogP contribution < -0.4 is 5.73 Å². The first kappa shape index (κ1) is 12.5. The molecule has 17 heavy (non-hydrogen) atoms. The zero-order valence-corrected chi connectivity index (χ0v) is 10.9. The van der Waals surface area contributed by atoms with Crippen molar-refractivity contribution >= 4 is 21.8 Å². The fourth-order valence-corrected chi connectivity index (χ4v) is 2.42. The minimum absolute atomic E-state index is 0.122. The van der Waals surface area contributed by atoms with Crippen molar-refractivity contribution in [2.75, 3.05) is 19.6 Å². The molecule has 1 aliphatic heterocycles. The summed E-state index contributed by atoms with van der Waals surface area (Å²) < 4.78 is 14.1. The highest BCUT2D eigenvalue weighted by Crippen LogP contribution is 2.23. The maximum atomic E-state index is 13.8. The van der Waals surface area contributed by atoms with Gasteiger partial charge in [0.15, 0.2) is 0 Å². The monoisotopic (exact) mass is 300 g/mol. The highest BCUT2D eigenvalue weighted by atomic mass is 79.9. The molecule has 1 unspecified atom stereocenters. The number of rotatable bonds is 2. The smallest absolute Gasteiger partial charge is 0.256 e. The van der Waals surface area contributed by atoms with Gasteiger partial charge in [-0.2, -0.15) is 0 Å². The van der Waals surface area contributed by atoms with Gasteiger partial charge >= 0.3 is 0 Å². The van der Waals surface area contributed by atoms with E-state index in [0.29, 0.717) is 30.0 Å². The molecule has 2 N–H and O–H groups in total. The molecular formula is C12H14BrFN2O. The van der Waals surface area contributed by atoms with Crippen molar-refractivity contribution in [2.24, 2.45) is 11.7 Å². The molecule has 1 aromatic rings. The van der Waals surface area contributed by atoms with Crippen molar-refractivity contribution in [3.63, 3.8) is 0 Å². The average Bonchev–Trinajstić information content (AvgIpc) is 2.80. The summed E-state index contributed by atoms with van der Waals surface area (Å²) in [6.45, 7) is 1.86. The molecular weight excluding hydrogens is 287 g/mol. The molecule has 0 bridgehead atoms. The minimum Gasteiger partial charge on any atom is -0.338 e. The number of carbonyl (C=O) groups is 1. The fourth-order valence-electron chi connectivity index (χ4n) is 2.05. The minimum atomic E-state index is -0.492. The maximum absolute atomic E-state index is 13.8. The predicted molar refractivity (Wildman–Crippen MR) is 67.2 cm³/mol. The molecule has 0 aliphatic carbocycles. The van der Waals surface area contributed by atoms with Gasteiger partial charge in [-0.15, -0.1) is 0 Å². The lowest BCUT2D eigenvalue weighted by atomic mass is 10.1. The average molecular weight is 301 g/mol. The summed E-state index contributed by atoms with van der Waals surface area (Å²) in [5.74, 6) is -0.400. The van der Waals surface area contributed by atoms with Crippen LogP contribution in [0.25, 0.3) is 0 Å². The fraction of sp³-hybridized carbons (Fsp3) is 0.417. The van der Waals surface area contributed by atoms with E-state index >= 15 is 0 Å². The third kappa shape index (κ3) is 2.50. The van der Waals surface area contributed by atoms with E-state index in [9.17, 15) is 9.18 Å². The first-order chi connectivity index (χ1) is 8.13. The highest BCUT2D eigenvalue weighted by molar-refractivity contribution is 9.10. The SMILES string of the molecule is NCC1CCN(C(=O)c2cccc(Br)c2F)C1. The number of hydrogen-bond donors (Lipinski definition) is 1. The Kier molecular flexibility index (Phi) is 3.79. The molecule has 92 valence electrons. The van der Waals surface area contributed by atoms with E-state index in [0.717, 1.165) is 6.42 Å². The second-order valence-electron chi connectivity index (χ2n) is 4.24. The van der Waals surface area contributed by atoms with E-state index in [4.69, 9.17) is 5.73 Å². The number of likely N-dealkylation sites (tertiary alicyclic amines) is 1. The van der Waals surface area contributed by atoms with Crippen LogP contribution >= 0.6 is 15.9 Å². The number of nitrogens with two attached hydrogens (primary N) is 1. The van der Waals surface area contributed by atoms with E-state index in [2.05, 4.69) is 15.9 Å². The first-order valence-electron chi connectivity index (χ1n) is 5.57. The zero-order chi connectivity index (χ0) is 12.4. The van der Waals surface area contributed by atoms with E-state index in [1.54, 1.807) is 17.0 Å². The molecule has 0 saturated carbocycles. The molecule has 0 aromatic heterocycles. The number of nitrogens with zero attached hydrogens (tertiary/aromatic N) is 1. The van der Waals surface area contributed by atoms with Gasteiger partial charge in [0.25, 0.3) is 5.91 Å². The summed E-state index contributed by atoms with van der Waals surface area (Å²) in [6, 6.07) is 4.76. The van der Waals surface area contributed by atoms with E-state index < -0.39 is 5.82 Å². The lowest BCUT2D eigenvalue weighted by Gasteiger charge is -2.16. The maximum Gasteiger partial charge on any atom is 0.256 e. The Labute approximate surface area is 108 Å². The second-order valence-corrected chi connectivity index (χ2v) is 5.10. The standard InChI is InChI=1S/C12H14BrFN2O/c13-10-3-1-2-9(11(10)14)12(17)16-5-4-8(6-15)7-16/h1-3,8H,4-7,15H2. The molecule has 1 fully saturated rings. The molecule has 1 aromatic carbocycles. The molecule has 1 amide bonds. The van der Waals surface area contributed by atoms with Gasteiger partial charge in [0.1, 0.15) is 5.82 Å². The van der Waals surface area contributed by atoms with Crippen LogP contribution in [0, 0.1) is 11.7 Å². The zero-order valence-electron chi connectivity index (χ0n) is 9.33. The third-order valence-electron chi connectivity index (χ3n) is 3.09. The molecule has 1 atom stereocenters. The summed E-state index contributed by atoms with van der Waals surface area (Å²) in [7, 11) is 0. The summed E-state index contributed by atoms with van der Waals surface area (Å²) in [5, 5.41) is 0. The number of benzene rings is 1. The Morgan fingerprint density at radius 3 is 3.00 bits per heavy atom. The Hall–Kier alpha value is -0.940. The van der Waals surface area contributed by atoms with Crippen LogP contribution in [0.1, 0.15) is 16.8 Å². The number of hydrogen-bond acceptors (Lipinski definition) is 2. The lowest BCUT2D eigenvalue weighted by Crippen LogP contribution is -2.30. The van der Waals surface area contributed by atoms with E-state index in [-0.39, 0.29) is 11.5 Å². The molecule has 1 heterocycles. The number of carbonyl (C=O) groups excluding carboxylic acids is 1. The van der Waals surface area contributed by atoms with Crippen molar-refractivity contribution in [3.05, 3.63) is 34.1 Å². The Bertz CT molecular complexity index is 439. The van der Waals surface area contributed by atoms with Crippen molar-refractivity contribution in [3.8, 4) is 0 Å². The Balaban J connectivity index is 2.18. The second kappa shape index (κ2) is 5.14. The van der Waals surface area contributed by atoms with Crippen LogP contribution in [0.4, 0.5) is 4.39 Å². The predicted octanol–water partition coefficient (Wildman–Crippen LogP) is 2.01. The Morgan fingerprint density at radius 2 is 2.35 bits per heavy atom. The van der Waals surface area contributed by atoms with Gasteiger partial charge < -0.3 is 10.6 Å². The van der Waals surface area contributed by atoms with Gasteiger partial charge in [0, 0.05) is 13.1 Å². The van der Waals surface area contributed by atoms with Gasteiger partial charge in [-0.1, -0.05) is 6.07 Å². The molecule has 2 rings (SSSR count). The summed E-state index contributed by atoms with van der Waals surface area (Å²) in [5.41, 5.74) is 5.69. The highest BCUT2D eigenvalue weighted by Gasteiger charge is 2.27. The van der Waals surface area contributed by atoms with Gasteiger partial charge in [-0.25, -0.2) is 4.39 Å². The van der Waals surface area contributed by atoms with Gasteiger partial charge in [0.05, 0.1) is 10.0 Å².